The molecule has 16 heavy (non-hydrogen) atoms. The van der Waals surface area contributed by atoms with Crippen molar-refractivity contribution in [2.24, 2.45) is 0 Å². The minimum absolute atomic E-state index is 0. The molecule has 0 rings (SSSR count). The van der Waals surface area contributed by atoms with E-state index in [0.717, 1.165) is 6.92 Å². The summed E-state index contributed by atoms with van der Waals surface area (Å²) < 4.78 is 14.9. The number of hydrogen-bond donors (Lipinski definition) is 3. The molecule has 0 aromatic heterocycles. The molecule has 0 spiro atoms. The van der Waals surface area contributed by atoms with Crippen LogP contribution < -0.4 is 34.7 Å². The van der Waals surface area contributed by atoms with E-state index in [4.69, 9.17) is 4.89 Å². The summed E-state index contributed by atoms with van der Waals surface area (Å²) in [5.74, 6) is 0. The third kappa shape index (κ3) is 5.25. The number of carbonyl (C=O) groups is 1. The summed E-state index contributed by atoms with van der Waals surface area (Å²) in [5, 5.41) is 29.1. The van der Waals surface area contributed by atoms with Gasteiger partial charge in [0, 0.05) is 0 Å². The van der Waals surface area contributed by atoms with Crippen LogP contribution in [0.25, 0.3) is 0 Å². The molecule has 0 aromatic carbocycles. The molecule has 9 heteroatoms. The smallest absolute Gasteiger partial charge is 0.538 e. The minimum Gasteiger partial charge on any atom is -0.538 e. The molecule has 0 amide bonds. The van der Waals surface area contributed by atoms with Gasteiger partial charge in [0.1, 0.15) is 5.60 Å². The van der Waals surface area contributed by atoms with Gasteiger partial charge >= 0.3 is 37.2 Å². The van der Waals surface area contributed by atoms with Crippen LogP contribution in [0, 0.1) is 0 Å². The SMILES string of the molecule is CC(C)(O)C(C)(O)COP(=O)(O)C(=O)[O-].[Na+]. The quantitative estimate of drug-likeness (QED) is 0.341. The molecule has 0 aliphatic rings. The summed E-state index contributed by atoms with van der Waals surface area (Å²) in [7, 11) is -4.90. The van der Waals surface area contributed by atoms with Crippen LogP contribution in [0.1, 0.15) is 20.8 Å². The van der Waals surface area contributed by atoms with E-state index in [1.807, 2.05) is 0 Å². The normalized spacial score (nSPS) is 19.1. The van der Waals surface area contributed by atoms with E-state index in [9.17, 15) is 24.7 Å². The zero-order valence-electron chi connectivity index (χ0n) is 9.63. The molecule has 90 valence electrons. The topological polar surface area (TPSA) is 127 Å². The zero-order chi connectivity index (χ0) is 12.5. The Morgan fingerprint density at radius 3 is 2.00 bits per heavy atom. The van der Waals surface area contributed by atoms with Gasteiger partial charge in [-0.1, -0.05) is 0 Å². The van der Waals surface area contributed by atoms with Crippen molar-refractivity contribution in [1.29, 1.82) is 0 Å². The predicted octanol–water partition coefficient (Wildman–Crippen LogP) is -3.94. The molecular weight excluding hydrogens is 250 g/mol. The number of hydrogen-bond acceptors (Lipinski definition) is 6. The monoisotopic (exact) mass is 264 g/mol. The number of aliphatic hydroxyl groups is 2. The number of rotatable bonds is 5. The first-order valence-electron chi connectivity index (χ1n) is 4.04. The van der Waals surface area contributed by atoms with Crippen molar-refractivity contribution in [3.05, 3.63) is 0 Å². The van der Waals surface area contributed by atoms with E-state index in [2.05, 4.69) is 4.52 Å². The second-order valence-corrected chi connectivity index (χ2v) is 5.56. The van der Waals surface area contributed by atoms with Crippen molar-refractivity contribution < 1.29 is 63.7 Å². The fraction of sp³-hybridized carbons (Fsp3) is 0.857. The molecule has 0 aliphatic carbocycles. The van der Waals surface area contributed by atoms with Crippen LogP contribution in [-0.4, -0.2) is 38.6 Å². The molecule has 3 N–H and O–H groups in total. The summed E-state index contributed by atoms with van der Waals surface area (Å²) >= 11 is 0. The summed E-state index contributed by atoms with van der Waals surface area (Å²) in [6.07, 6.45) is 0. The molecular formula is C7H14NaO7P. The van der Waals surface area contributed by atoms with E-state index in [1.54, 1.807) is 0 Å². The summed E-state index contributed by atoms with van der Waals surface area (Å²) in [4.78, 5) is 18.8. The molecule has 0 saturated carbocycles. The first-order chi connectivity index (χ1) is 6.40. The molecule has 0 heterocycles. The van der Waals surface area contributed by atoms with Crippen LogP contribution in [0.5, 0.6) is 0 Å². The Balaban J connectivity index is 0. The maximum Gasteiger partial charge on any atom is 1.00 e. The molecule has 0 radical (unpaired) electrons. The second-order valence-electron chi connectivity index (χ2n) is 3.89. The van der Waals surface area contributed by atoms with Crippen molar-refractivity contribution in [3.63, 3.8) is 0 Å². The van der Waals surface area contributed by atoms with E-state index in [-0.39, 0.29) is 29.6 Å². The van der Waals surface area contributed by atoms with Crippen LogP contribution in [-0.2, 0) is 9.09 Å². The average molecular weight is 264 g/mol. The van der Waals surface area contributed by atoms with Crippen molar-refractivity contribution in [2.45, 2.75) is 32.0 Å². The van der Waals surface area contributed by atoms with Gasteiger partial charge in [0.15, 0.2) is 5.71 Å². The summed E-state index contributed by atoms with van der Waals surface area (Å²) in [6, 6.07) is 0. The predicted molar refractivity (Wildman–Crippen MR) is 48.1 cm³/mol. The van der Waals surface area contributed by atoms with Crippen LogP contribution in [0.3, 0.4) is 0 Å². The number of carboxylic acid groups (broad SMARTS) is 1. The van der Waals surface area contributed by atoms with Gasteiger partial charge in [-0.25, -0.2) is 0 Å². The van der Waals surface area contributed by atoms with Crippen molar-refractivity contribution in [1.82, 2.24) is 0 Å². The third-order valence-corrected chi connectivity index (χ3v) is 3.01. The van der Waals surface area contributed by atoms with Gasteiger partial charge in [0.05, 0.1) is 12.2 Å². The molecule has 2 atom stereocenters. The first kappa shape index (κ1) is 18.9. The van der Waals surface area contributed by atoms with E-state index in [1.165, 1.54) is 13.8 Å². The molecule has 0 bridgehead atoms. The summed E-state index contributed by atoms with van der Waals surface area (Å²) in [6.45, 7) is 2.83. The Morgan fingerprint density at radius 1 is 1.38 bits per heavy atom. The van der Waals surface area contributed by atoms with Gasteiger partial charge in [0.2, 0.25) is 0 Å². The molecule has 0 aliphatic heterocycles. The largest absolute Gasteiger partial charge is 1.00 e. The fourth-order valence-corrected chi connectivity index (χ4v) is 0.974. The molecule has 2 unspecified atom stereocenters. The minimum atomic E-state index is -4.90. The Kier molecular flexibility index (Phi) is 7.00. The van der Waals surface area contributed by atoms with Crippen molar-refractivity contribution in [3.8, 4) is 0 Å². The average Bonchev–Trinajstić information content (AvgIpc) is 1.99. The Morgan fingerprint density at radius 2 is 1.75 bits per heavy atom. The number of carbonyl (C=O) groups excluding carboxylic acids is 1. The van der Waals surface area contributed by atoms with Gasteiger partial charge < -0.3 is 29.5 Å². The Labute approximate surface area is 115 Å². The maximum atomic E-state index is 10.8. The van der Waals surface area contributed by atoms with Crippen LogP contribution in [0.2, 0.25) is 0 Å². The Bertz CT molecular complexity index is 296. The fourth-order valence-electron chi connectivity index (χ4n) is 0.443. The summed E-state index contributed by atoms with van der Waals surface area (Å²) in [5.41, 5.74) is -5.73. The van der Waals surface area contributed by atoms with Gasteiger partial charge in [-0.15, -0.1) is 0 Å². The van der Waals surface area contributed by atoms with E-state index in [0.29, 0.717) is 0 Å². The van der Waals surface area contributed by atoms with Crippen molar-refractivity contribution in [2.75, 3.05) is 6.61 Å². The molecule has 7 nitrogen and oxygen atoms in total. The standard InChI is InChI=1S/C7H15O7P.Na/c1-6(2,10)7(3,11)4-14-15(12,13)5(8)9;/h10-11H,4H2,1-3H3,(H,8,9)(H,12,13);/q;+1/p-1. The Hall–Kier alpha value is 0.540. The van der Waals surface area contributed by atoms with Crippen LogP contribution >= 0.6 is 7.60 Å². The van der Waals surface area contributed by atoms with Crippen LogP contribution in [0.15, 0.2) is 0 Å². The van der Waals surface area contributed by atoms with Gasteiger partial charge in [-0.05, 0) is 20.8 Å². The molecule has 0 fully saturated rings. The second kappa shape index (κ2) is 5.93. The van der Waals surface area contributed by atoms with Crippen LogP contribution in [0.4, 0.5) is 4.79 Å². The molecule has 0 saturated heterocycles. The maximum absolute atomic E-state index is 10.8. The van der Waals surface area contributed by atoms with Gasteiger partial charge in [-0.2, -0.15) is 0 Å². The van der Waals surface area contributed by atoms with Gasteiger partial charge in [0.25, 0.3) is 0 Å². The molecule has 0 aromatic rings. The third-order valence-electron chi connectivity index (χ3n) is 2.07. The van der Waals surface area contributed by atoms with E-state index >= 15 is 0 Å². The zero-order valence-corrected chi connectivity index (χ0v) is 12.5. The van der Waals surface area contributed by atoms with Crippen molar-refractivity contribution >= 4 is 13.3 Å². The first-order valence-corrected chi connectivity index (χ1v) is 5.61. The van der Waals surface area contributed by atoms with Gasteiger partial charge in [-0.3, -0.25) is 4.57 Å². The van der Waals surface area contributed by atoms with E-state index < -0.39 is 31.1 Å².